The van der Waals surface area contributed by atoms with Crippen LogP contribution in [0.1, 0.15) is 19.8 Å². The highest BCUT2D eigenvalue weighted by Crippen LogP contribution is 2.21. The molecule has 142 valence electrons. The van der Waals surface area contributed by atoms with Gasteiger partial charge in [-0.1, -0.05) is 11.6 Å². The second kappa shape index (κ2) is 10.1. The quantitative estimate of drug-likeness (QED) is 0.367. The summed E-state index contributed by atoms with van der Waals surface area (Å²) >= 11 is 10.7. The molecule has 2 heterocycles. The first-order valence-corrected chi connectivity index (χ1v) is 9.01. The molecule has 9 nitrogen and oxygen atoms in total. The fraction of sp³-hybridized carbons (Fsp3) is 0.533. The fourth-order valence-electron chi connectivity index (χ4n) is 2.48. The number of hydrogen-bond acceptors (Lipinski definition) is 7. The molecule has 0 aliphatic carbocycles. The van der Waals surface area contributed by atoms with Crippen LogP contribution in [-0.4, -0.2) is 53.4 Å². The van der Waals surface area contributed by atoms with Gasteiger partial charge in [-0.3, -0.25) is 20.4 Å². The van der Waals surface area contributed by atoms with Crippen molar-refractivity contribution in [3.8, 4) is 0 Å². The zero-order valence-electron chi connectivity index (χ0n) is 14.3. The average Bonchev–Trinajstić information content (AvgIpc) is 2.65. The van der Waals surface area contributed by atoms with Gasteiger partial charge in [0.2, 0.25) is 5.91 Å². The summed E-state index contributed by atoms with van der Waals surface area (Å²) in [6, 6.07) is 3.50. The van der Waals surface area contributed by atoms with Gasteiger partial charge in [-0.2, -0.15) is 0 Å². The van der Waals surface area contributed by atoms with Crippen LogP contribution < -0.4 is 21.1 Å². The molecule has 0 saturated carbocycles. The maximum Gasteiger partial charge on any atom is 0.325 e. The molecule has 0 atom stereocenters. The number of hydrazine groups is 1. The topological polar surface area (TPSA) is 108 Å². The maximum absolute atomic E-state index is 12.2. The van der Waals surface area contributed by atoms with E-state index < -0.39 is 5.97 Å². The van der Waals surface area contributed by atoms with Crippen LogP contribution in [0.3, 0.4) is 0 Å². The van der Waals surface area contributed by atoms with Crippen LogP contribution >= 0.6 is 23.8 Å². The van der Waals surface area contributed by atoms with Crippen LogP contribution in [0.15, 0.2) is 12.1 Å². The van der Waals surface area contributed by atoms with Crippen molar-refractivity contribution >= 4 is 46.6 Å². The lowest BCUT2D eigenvalue weighted by Crippen LogP contribution is -2.51. The van der Waals surface area contributed by atoms with Gasteiger partial charge in [0.25, 0.3) is 0 Å². The Morgan fingerprint density at radius 3 is 2.65 bits per heavy atom. The Bertz CT molecular complexity index is 637. The van der Waals surface area contributed by atoms with Crippen molar-refractivity contribution in [2.24, 2.45) is 5.92 Å². The zero-order chi connectivity index (χ0) is 18.9. The Balaban J connectivity index is 1.68. The third-order valence-corrected chi connectivity index (χ3v) is 4.25. The van der Waals surface area contributed by atoms with Crippen molar-refractivity contribution in [2.75, 3.05) is 31.1 Å². The van der Waals surface area contributed by atoms with Crippen LogP contribution in [0.25, 0.3) is 0 Å². The third-order valence-electron chi connectivity index (χ3n) is 3.81. The van der Waals surface area contributed by atoms with Gasteiger partial charge in [-0.05, 0) is 44.1 Å². The highest BCUT2D eigenvalue weighted by Gasteiger charge is 2.25. The first-order valence-electron chi connectivity index (χ1n) is 8.23. The van der Waals surface area contributed by atoms with E-state index in [-0.39, 0.29) is 23.5 Å². The lowest BCUT2D eigenvalue weighted by atomic mass is 9.96. The summed E-state index contributed by atoms with van der Waals surface area (Å²) in [4.78, 5) is 25.5. The molecule has 26 heavy (non-hydrogen) atoms. The molecule has 1 fully saturated rings. The van der Waals surface area contributed by atoms with Crippen molar-refractivity contribution < 1.29 is 14.3 Å². The number of amides is 1. The monoisotopic (exact) mass is 400 g/mol. The summed E-state index contributed by atoms with van der Waals surface area (Å²) in [5.41, 5.74) is 5.15. The van der Waals surface area contributed by atoms with Crippen molar-refractivity contribution in [1.29, 1.82) is 0 Å². The molecule has 1 saturated heterocycles. The van der Waals surface area contributed by atoms with Crippen molar-refractivity contribution in [1.82, 2.24) is 26.4 Å². The first kappa shape index (κ1) is 20.1. The van der Waals surface area contributed by atoms with E-state index in [1.165, 1.54) is 0 Å². The van der Waals surface area contributed by atoms with Gasteiger partial charge in [-0.15, -0.1) is 10.2 Å². The highest BCUT2D eigenvalue weighted by molar-refractivity contribution is 7.80. The summed E-state index contributed by atoms with van der Waals surface area (Å²) < 4.78 is 4.77. The van der Waals surface area contributed by atoms with E-state index >= 15 is 0 Å². The van der Waals surface area contributed by atoms with Crippen LogP contribution in [0, 0.1) is 5.92 Å². The van der Waals surface area contributed by atoms with Gasteiger partial charge in [0, 0.05) is 19.0 Å². The van der Waals surface area contributed by atoms with E-state index in [0.29, 0.717) is 37.7 Å². The molecule has 0 unspecified atom stereocenters. The number of aromatic nitrogens is 2. The van der Waals surface area contributed by atoms with Crippen molar-refractivity contribution in [3.05, 3.63) is 17.3 Å². The number of nitrogens with one attached hydrogen (secondary N) is 3. The first-order chi connectivity index (χ1) is 12.5. The van der Waals surface area contributed by atoms with Gasteiger partial charge in [0.05, 0.1) is 6.61 Å². The van der Waals surface area contributed by atoms with Gasteiger partial charge in [0.1, 0.15) is 6.54 Å². The Morgan fingerprint density at radius 2 is 2.04 bits per heavy atom. The number of nitrogens with zero attached hydrogens (tertiary/aromatic N) is 3. The molecule has 3 N–H and O–H groups in total. The van der Waals surface area contributed by atoms with Gasteiger partial charge < -0.3 is 15.0 Å². The van der Waals surface area contributed by atoms with Crippen LogP contribution in [-0.2, 0) is 14.3 Å². The molecule has 1 amide bonds. The molecule has 0 radical (unpaired) electrons. The molecular formula is C15H21ClN6O3S. The summed E-state index contributed by atoms with van der Waals surface area (Å²) in [5.74, 6) is 0.0513. The summed E-state index contributed by atoms with van der Waals surface area (Å²) in [7, 11) is 0. The van der Waals surface area contributed by atoms with Crippen LogP contribution in [0.5, 0.6) is 0 Å². The predicted octanol–water partition coefficient (Wildman–Crippen LogP) is 0.405. The minimum absolute atomic E-state index is 0.0595. The number of esters is 1. The predicted molar refractivity (Wildman–Crippen MR) is 100 cm³/mol. The largest absolute Gasteiger partial charge is 0.465 e. The van der Waals surface area contributed by atoms with Crippen LogP contribution in [0.2, 0.25) is 5.15 Å². The SMILES string of the molecule is CCOC(=O)CNC(=S)NNC(=O)C1CCN(c2ccc(Cl)nn2)CC1. The molecule has 1 aliphatic heterocycles. The number of ether oxygens (including phenoxy) is 1. The van der Waals surface area contributed by atoms with Gasteiger partial charge in [-0.25, -0.2) is 0 Å². The normalized spacial score (nSPS) is 14.5. The second-order valence-corrected chi connectivity index (χ2v) is 6.37. The lowest BCUT2D eigenvalue weighted by molar-refractivity contribution is -0.141. The number of rotatable bonds is 5. The third kappa shape index (κ3) is 6.26. The summed E-state index contributed by atoms with van der Waals surface area (Å²) in [5, 5.41) is 11.0. The minimum atomic E-state index is -0.416. The van der Waals surface area contributed by atoms with Crippen molar-refractivity contribution in [2.45, 2.75) is 19.8 Å². The summed E-state index contributed by atoms with van der Waals surface area (Å²) in [6.45, 7) is 3.35. The second-order valence-electron chi connectivity index (χ2n) is 5.58. The molecule has 0 aromatic carbocycles. The average molecular weight is 401 g/mol. The molecule has 11 heteroatoms. The molecule has 1 aliphatic rings. The molecule has 0 spiro atoms. The van der Waals surface area contributed by atoms with E-state index in [9.17, 15) is 9.59 Å². The van der Waals surface area contributed by atoms with E-state index in [0.717, 1.165) is 5.82 Å². The fourth-order valence-corrected chi connectivity index (χ4v) is 2.70. The van der Waals surface area contributed by atoms with Gasteiger partial charge in [0.15, 0.2) is 16.1 Å². The van der Waals surface area contributed by atoms with Crippen molar-refractivity contribution in [3.63, 3.8) is 0 Å². The Hall–Kier alpha value is -2.20. The number of anilines is 1. The van der Waals surface area contributed by atoms with Crippen LogP contribution in [0.4, 0.5) is 5.82 Å². The number of carbonyl (C=O) groups is 2. The zero-order valence-corrected chi connectivity index (χ0v) is 15.9. The number of piperidine rings is 1. The number of halogens is 1. The molecule has 1 aromatic heterocycles. The number of carbonyl (C=O) groups excluding carboxylic acids is 2. The highest BCUT2D eigenvalue weighted by atomic mass is 35.5. The van der Waals surface area contributed by atoms with E-state index in [4.69, 9.17) is 28.6 Å². The minimum Gasteiger partial charge on any atom is -0.465 e. The lowest BCUT2D eigenvalue weighted by Gasteiger charge is -2.31. The summed E-state index contributed by atoms with van der Waals surface area (Å²) in [6.07, 6.45) is 1.36. The number of hydrogen-bond donors (Lipinski definition) is 3. The van der Waals surface area contributed by atoms with E-state index in [1.54, 1.807) is 13.0 Å². The Kier molecular flexibility index (Phi) is 7.79. The standard InChI is InChI=1S/C15H21ClN6O3S/c1-2-25-13(23)9-17-15(26)21-20-14(24)10-5-7-22(8-6-10)12-4-3-11(16)18-19-12/h3-4,10H,2,5-9H2,1H3,(H,20,24)(H2,17,21,26). The Morgan fingerprint density at radius 1 is 1.31 bits per heavy atom. The molecule has 1 aromatic rings. The van der Waals surface area contributed by atoms with Gasteiger partial charge >= 0.3 is 5.97 Å². The molecule has 2 rings (SSSR count). The maximum atomic E-state index is 12.2. The smallest absolute Gasteiger partial charge is 0.325 e. The van der Waals surface area contributed by atoms with E-state index in [2.05, 4.69) is 31.3 Å². The number of thiocarbonyl (C=S) groups is 1. The molecule has 0 bridgehead atoms. The Labute approximate surface area is 161 Å². The van der Waals surface area contributed by atoms with E-state index in [1.807, 2.05) is 6.07 Å². The molecular weight excluding hydrogens is 380 g/mol.